The number of thioether (sulfide) groups is 1. The standard InChI is InChI=1S/C35H44F3N5O4S/c1-7-8-13-42(5)29-10-9-23(18-39-29)26-17-25(32(44)40-19-27-28(48-6)16-21(2)41-33(27)45)22(3)30-31(26)47-34(4,46-30)24-11-14-43(15-12-24)20-35(36,37)38/h9-10,16-18,24H,7-8,11-15,19-20H2,1-6H3,(H,40,44)(H,41,45). The number of aryl methyl sites for hydroxylation is 1. The number of carbonyl (C=O) groups excluding carboxylic acids is 1. The number of hydrogen-bond acceptors (Lipinski definition) is 8. The lowest BCUT2D eigenvalue weighted by molar-refractivity contribution is -0.159. The van der Waals surface area contributed by atoms with Crippen molar-refractivity contribution in [2.45, 2.75) is 76.8 Å². The van der Waals surface area contributed by atoms with Gasteiger partial charge >= 0.3 is 6.18 Å². The molecule has 0 aliphatic carbocycles. The Morgan fingerprint density at radius 1 is 1.19 bits per heavy atom. The van der Waals surface area contributed by atoms with Crippen molar-refractivity contribution in [2.75, 3.05) is 44.4 Å². The summed E-state index contributed by atoms with van der Waals surface area (Å²) in [7, 11) is 1.99. The zero-order valence-corrected chi connectivity index (χ0v) is 29.2. The summed E-state index contributed by atoms with van der Waals surface area (Å²) >= 11 is 1.44. The lowest BCUT2D eigenvalue weighted by Crippen LogP contribution is -2.49. The first-order chi connectivity index (χ1) is 22.7. The molecule has 1 fully saturated rings. The number of aromatic nitrogens is 2. The third-order valence-electron chi connectivity index (χ3n) is 9.24. The normalized spacial score (nSPS) is 18.3. The van der Waals surface area contributed by atoms with E-state index in [2.05, 4.69) is 22.1 Å². The molecule has 2 aromatic heterocycles. The van der Waals surface area contributed by atoms with Crippen LogP contribution in [0, 0.1) is 19.8 Å². The molecule has 5 rings (SSSR count). The van der Waals surface area contributed by atoms with Gasteiger partial charge in [0.05, 0.1) is 6.54 Å². The molecule has 3 aromatic rings. The Hall–Kier alpha value is -3.71. The Kier molecular flexibility index (Phi) is 10.7. The number of H-pyrrole nitrogens is 1. The van der Waals surface area contributed by atoms with Crippen LogP contribution in [0.3, 0.4) is 0 Å². The Morgan fingerprint density at radius 2 is 1.90 bits per heavy atom. The average Bonchev–Trinajstić information content (AvgIpc) is 3.41. The molecule has 2 aliphatic rings. The van der Waals surface area contributed by atoms with Crippen LogP contribution in [0.2, 0.25) is 0 Å². The highest BCUT2D eigenvalue weighted by molar-refractivity contribution is 7.98. The molecule has 0 spiro atoms. The van der Waals surface area contributed by atoms with Crippen LogP contribution in [0.5, 0.6) is 11.5 Å². The summed E-state index contributed by atoms with van der Waals surface area (Å²) < 4.78 is 52.3. The largest absolute Gasteiger partial charge is 0.448 e. The van der Waals surface area contributed by atoms with Crippen LogP contribution in [0.25, 0.3) is 11.1 Å². The molecular formula is C35H44F3N5O4S. The minimum Gasteiger partial charge on any atom is -0.448 e. The molecule has 48 heavy (non-hydrogen) atoms. The number of likely N-dealkylation sites (tertiary alicyclic amines) is 1. The van der Waals surface area contributed by atoms with Gasteiger partial charge in [-0.25, -0.2) is 4.98 Å². The van der Waals surface area contributed by atoms with Crippen molar-refractivity contribution in [3.8, 4) is 22.6 Å². The van der Waals surface area contributed by atoms with Crippen LogP contribution >= 0.6 is 11.8 Å². The number of unbranched alkanes of at least 4 members (excludes halogenated alkanes) is 1. The summed E-state index contributed by atoms with van der Waals surface area (Å²) in [5.74, 6) is -0.000457. The number of piperidine rings is 1. The second-order valence-corrected chi connectivity index (χ2v) is 13.7. The average molecular weight is 688 g/mol. The lowest BCUT2D eigenvalue weighted by atomic mass is 9.89. The second kappa shape index (κ2) is 14.4. The summed E-state index contributed by atoms with van der Waals surface area (Å²) in [6.45, 7) is 8.05. The zero-order chi connectivity index (χ0) is 34.8. The van der Waals surface area contributed by atoms with Gasteiger partial charge in [0, 0.05) is 77.6 Å². The Labute approximate surface area is 283 Å². The first kappa shape index (κ1) is 35.6. The summed E-state index contributed by atoms with van der Waals surface area (Å²) in [5.41, 5.74) is 3.21. The van der Waals surface area contributed by atoms with Gasteiger partial charge in [0.25, 0.3) is 17.3 Å². The van der Waals surface area contributed by atoms with E-state index in [9.17, 15) is 22.8 Å². The molecule has 260 valence electrons. The van der Waals surface area contributed by atoms with Crippen molar-refractivity contribution < 1.29 is 27.4 Å². The highest BCUT2D eigenvalue weighted by atomic mass is 32.2. The van der Waals surface area contributed by atoms with Crippen molar-refractivity contribution >= 4 is 23.5 Å². The van der Waals surface area contributed by atoms with E-state index < -0.39 is 18.5 Å². The van der Waals surface area contributed by atoms with Gasteiger partial charge in [0.2, 0.25) is 0 Å². The van der Waals surface area contributed by atoms with Crippen LogP contribution < -0.4 is 25.2 Å². The van der Waals surface area contributed by atoms with Crippen molar-refractivity contribution in [1.82, 2.24) is 20.2 Å². The Morgan fingerprint density at radius 3 is 2.52 bits per heavy atom. The molecule has 13 heteroatoms. The fourth-order valence-electron chi connectivity index (χ4n) is 6.45. The number of halogens is 3. The van der Waals surface area contributed by atoms with Gasteiger partial charge in [0.1, 0.15) is 5.82 Å². The number of rotatable bonds is 11. The molecule has 4 heterocycles. The summed E-state index contributed by atoms with van der Waals surface area (Å²) in [5, 5.41) is 2.92. The molecule has 0 saturated carbocycles. The molecule has 1 atom stereocenters. The zero-order valence-electron chi connectivity index (χ0n) is 28.3. The molecule has 1 unspecified atom stereocenters. The van der Waals surface area contributed by atoms with Gasteiger partial charge in [-0.05, 0) is 76.7 Å². The van der Waals surface area contributed by atoms with E-state index >= 15 is 0 Å². The quantitative estimate of drug-likeness (QED) is 0.215. The third-order valence-corrected chi connectivity index (χ3v) is 10.0. The molecular weight excluding hydrogens is 643 g/mol. The van der Waals surface area contributed by atoms with Gasteiger partial charge in [-0.15, -0.1) is 11.8 Å². The first-order valence-corrected chi connectivity index (χ1v) is 17.5. The van der Waals surface area contributed by atoms with Gasteiger partial charge in [0.15, 0.2) is 11.5 Å². The van der Waals surface area contributed by atoms with Crippen LogP contribution in [0.1, 0.15) is 66.7 Å². The molecule has 2 aliphatic heterocycles. The number of amides is 1. The first-order valence-electron chi connectivity index (χ1n) is 16.3. The minimum atomic E-state index is -4.26. The van der Waals surface area contributed by atoms with Crippen LogP contribution in [0.4, 0.5) is 19.0 Å². The number of benzene rings is 1. The maximum Gasteiger partial charge on any atom is 0.401 e. The van der Waals surface area contributed by atoms with E-state index in [0.717, 1.165) is 41.4 Å². The van der Waals surface area contributed by atoms with Gasteiger partial charge in [-0.2, -0.15) is 13.2 Å². The number of hydrogen-bond donors (Lipinski definition) is 2. The number of carbonyl (C=O) groups is 1. The number of fused-ring (bicyclic) bond motifs is 1. The molecule has 0 bridgehead atoms. The number of nitrogens with zero attached hydrogens (tertiary/aromatic N) is 3. The number of anilines is 1. The highest BCUT2D eigenvalue weighted by Crippen LogP contribution is 2.52. The van der Waals surface area contributed by atoms with E-state index in [1.165, 1.54) is 16.7 Å². The summed E-state index contributed by atoms with van der Waals surface area (Å²) in [6, 6.07) is 7.50. The summed E-state index contributed by atoms with van der Waals surface area (Å²) in [4.78, 5) is 38.3. The lowest BCUT2D eigenvalue weighted by Gasteiger charge is -2.39. The number of alkyl halides is 3. The topological polar surface area (TPSA) is 99.8 Å². The molecule has 0 radical (unpaired) electrons. The van der Waals surface area contributed by atoms with E-state index in [0.29, 0.717) is 46.6 Å². The van der Waals surface area contributed by atoms with Crippen LogP contribution in [0.15, 0.2) is 40.2 Å². The fourth-order valence-corrected chi connectivity index (χ4v) is 7.16. The van der Waals surface area contributed by atoms with Gasteiger partial charge < -0.3 is 24.7 Å². The number of nitrogens with one attached hydrogen (secondary N) is 2. The van der Waals surface area contributed by atoms with Crippen molar-refractivity contribution in [2.24, 2.45) is 5.92 Å². The van der Waals surface area contributed by atoms with E-state index in [-0.39, 0.29) is 37.0 Å². The molecule has 1 saturated heterocycles. The van der Waals surface area contributed by atoms with E-state index in [4.69, 9.17) is 14.5 Å². The van der Waals surface area contributed by atoms with Crippen molar-refractivity contribution in [3.05, 3.63) is 63.2 Å². The van der Waals surface area contributed by atoms with Crippen LogP contribution in [-0.2, 0) is 6.54 Å². The summed E-state index contributed by atoms with van der Waals surface area (Å²) in [6.07, 6.45) is 2.40. The predicted octanol–water partition coefficient (Wildman–Crippen LogP) is 6.70. The SMILES string of the molecule is CCCCN(C)c1ccc(-c2cc(C(=O)NCc3c(SC)cc(C)[nH]c3=O)c(C)c3c2OC(C)(C2CCN(CC(F)(F)F)CC2)O3)cn1. The maximum atomic E-state index is 13.8. The monoisotopic (exact) mass is 687 g/mol. The van der Waals surface area contributed by atoms with Gasteiger partial charge in [-0.3, -0.25) is 14.5 Å². The molecule has 9 nitrogen and oxygen atoms in total. The van der Waals surface area contributed by atoms with Crippen molar-refractivity contribution in [1.29, 1.82) is 0 Å². The smallest absolute Gasteiger partial charge is 0.401 e. The fraction of sp³-hybridized carbons (Fsp3) is 0.514. The predicted molar refractivity (Wildman–Crippen MR) is 182 cm³/mol. The van der Waals surface area contributed by atoms with Gasteiger partial charge in [-0.1, -0.05) is 13.3 Å². The number of aromatic amines is 1. The van der Waals surface area contributed by atoms with E-state index in [1.807, 2.05) is 45.4 Å². The van der Waals surface area contributed by atoms with Crippen LogP contribution in [-0.4, -0.2) is 72.2 Å². The Balaban J connectivity index is 1.47. The Bertz CT molecular complexity index is 1690. The number of pyridine rings is 2. The second-order valence-electron chi connectivity index (χ2n) is 12.8. The molecule has 2 N–H and O–H groups in total. The number of ether oxygens (including phenoxy) is 2. The highest BCUT2D eigenvalue weighted by Gasteiger charge is 2.48. The molecule has 1 aromatic carbocycles. The maximum absolute atomic E-state index is 13.8. The van der Waals surface area contributed by atoms with Crippen molar-refractivity contribution in [3.63, 3.8) is 0 Å². The minimum absolute atomic E-state index is 0.0302. The third kappa shape index (κ3) is 7.78. The molecule has 1 amide bonds. The van der Waals surface area contributed by atoms with E-state index in [1.54, 1.807) is 19.2 Å².